The lowest BCUT2D eigenvalue weighted by atomic mass is 10.2. The quantitative estimate of drug-likeness (QED) is 0.484. The highest BCUT2D eigenvalue weighted by Gasteiger charge is 2.14. The molecule has 0 aliphatic carbocycles. The van der Waals surface area contributed by atoms with Gasteiger partial charge >= 0.3 is 0 Å². The van der Waals surface area contributed by atoms with Crippen LogP contribution in [-0.4, -0.2) is 49.1 Å². The maximum absolute atomic E-state index is 12.5. The number of aromatic nitrogens is 5. The number of ether oxygens (including phenoxy) is 2. The molecule has 1 aliphatic rings. The molecule has 10 heteroatoms. The second kappa shape index (κ2) is 7.96. The minimum absolute atomic E-state index is 0.106. The molecule has 0 spiro atoms. The summed E-state index contributed by atoms with van der Waals surface area (Å²) in [5.74, 6) is 2.63. The molecule has 1 aromatic carbocycles. The number of benzene rings is 1. The lowest BCUT2D eigenvalue weighted by Gasteiger charge is -2.08. The lowest BCUT2D eigenvalue weighted by Crippen LogP contribution is -2.21. The van der Waals surface area contributed by atoms with Gasteiger partial charge in [-0.05, 0) is 23.8 Å². The van der Waals surface area contributed by atoms with Crippen molar-refractivity contribution in [3.8, 4) is 11.5 Å². The van der Waals surface area contributed by atoms with Crippen molar-refractivity contribution >= 4 is 28.4 Å². The van der Waals surface area contributed by atoms with Gasteiger partial charge in [-0.3, -0.25) is 4.79 Å². The summed E-state index contributed by atoms with van der Waals surface area (Å²) in [5, 5.41) is 14.6. The molecular formula is C20H19N5O4S. The fourth-order valence-corrected chi connectivity index (χ4v) is 4.09. The Hall–Kier alpha value is -3.11. The molecule has 0 unspecified atom stereocenters. The SMILES string of the molecule is O=c1c2cnc3nc(SCc4ccc5c(c4)OCCCO5)nn3c2ccn1CCO. The fraction of sp³-hybridized carbons (Fsp3) is 0.300. The molecule has 9 nitrogen and oxygen atoms in total. The first-order valence-corrected chi connectivity index (χ1v) is 10.6. The van der Waals surface area contributed by atoms with Gasteiger partial charge in [0.05, 0.1) is 30.7 Å². The van der Waals surface area contributed by atoms with E-state index in [9.17, 15) is 4.79 Å². The van der Waals surface area contributed by atoms with Gasteiger partial charge in [-0.15, -0.1) is 5.10 Å². The molecule has 154 valence electrons. The topological polar surface area (TPSA) is 104 Å². The number of aliphatic hydroxyl groups is 1. The van der Waals surface area contributed by atoms with Gasteiger partial charge in [0, 0.05) is 31.1 Å². The van der Waals surface area contributed by atoms with Crippen molar-refractivity contribution in [2.45, 2.75) is 23.9 Å². The molecule has 0 saturated carbocycles. The predicted octanol–water partition coefficient (Wildman–Crippen LogP) is 1.89. The normalized spacial score (nSPS) is 13.6. The Morgan fingerprint density at radius 3 is 2.90 bits per heavy atom. The number of rotatable bonds is 5. The molecule has 0 bridgehead atoms. The van der Waals surface area contributed by atoms with E-state index in [4.69, 9.17) is 14.6 Å². The Morgan fingerprint density at radius 2 is 2.03 bits per heavy atom. The summed E-state index contributed by atoms with van der Waals surface area (Å²) in [6, 6.07) is 7.71. The van der Waals surface area contributed by atoms with Crippen LogP contribution in [0.3, 0.4) is 0 Å². The van der Waals surface area contributed by atoms with E-state index in [1.807, 2.05) is 18.2 Å². The number of aliphatic hydroxyl groups excluding tert-OH is 1. The van der Waals surface area contributed by atoms with Gasteiger partial charge < -0.3 is 19.1 Å². The third kappa shape index (κ3) is 3.48. The molecular weight excluding hydrogens is 406 g/mol. The third-order valence-electron chi connectivity index (χ3n) is 4.81. The van der Waals surface area contributed by atoms with Gasteiger partial charge in [0.1, 0.15) is 0 Å². The molecule has 0 amide bonds. The molecule has 1 aliphatic heterocycles. The van der Waals surface area contributed by atoms with Gasteiger partial charge in [0.25, 0.3) is 11.3 Å². The van der Waals surface area contributed by atoms with E-state index in [1.165, 1.54) is 22.5 Å². The van der Waals surface area contributed by atoms with Crippen LogP contribution in [0.4, 0.5) is 0 Å². The van der Waals surface area contributed by atoms with Gasteiger partial charge in [-0.25, -0.2) is 4.98 Å². The Labute approximate surface area is 175 Å². The number of thioether (sulfide) groups is 1. The average molecular weight is 425 g/mol. The van der Waals surface area contributed by atoms with Crippen LogP contribution < -0.4 is 15.0 Å². The van der Waals surface area contributed by atoms with Crippen LogP contribution in [-0.2, 0) is 12.3 Å². The van der Waals surface area contributed by atoms with Crippen molar-refractivity contribution in [2.75, 3.05) is 19.8 Å². The first-order chi connectivity index (χ1) is 14.7. The van der Waals surface area contributed by atoms with Crippen LogP contribution in [0, 0.1) is 0 Å². The van der Waals surface area contributed by atoms with E-state index in [0.717, 1.165) is 23.5 Å². The zero-order valence-corrected chi connectivity index (χ0v) is 16.8. The maximum atomic E-state index is 12.5. The van der Waals surface area contributed by atoms with E-state index in [0.29, 0.717) is 40.8 Å². The standard InChI is InChI=1S/C20H19N5O4S/c26-7-6-24-5-4-15-14(18(24)27)11-21-19-22-20(23-25(15)19)30-12-13-2-3-16-17(10-13)29-9-1-8-28-16/h2-5,10-11,26H,1,6-9,12H2. The number of hydrogen-bond donors (Lipinski definition) is 1. The number of pyridine rings is 1. The Kier molecular flexibility index (Phi) is 5.01. The summed E-state index contributed by atoms with van der Waals surface area (Å²) < 4.78 is 14.5. The van der Waals surface area contributed by atoms with Crippen LogP contribution >= 0.6 is 11.8 Å². The summed E-state index contributed by atoms with van der Waals surface area (Å²) in [4.78, 5) is 21.3. The summed E-state index contributed by atoms with van der Waals surface area (Å²) in [6.45, 7) is 1.44. The minimum atomic E-state index is -0.215. The van der Waals surface area contributed by atoms with Crippen molar-refractivity contribution in [3.63, 3.8) is 0 Å². The van der Waals surface area contributed by atoms with E-state index in [1.54, 1.807) is 16.8 Å². The summed E-state index contributed by atoms with van der Waals surface area (Å²) in [6.07, 6.45) is 4.02. The zero-order valence-electron chi connectivity index (χ0n) is 16.0. The number of fused-ring (bicyclic) bond motifs is 4. The molecule has 4 aromatic rings. The number of nitrogens with zero attached hydrogens (tertiary/aromatic N) is 5. The Balaban J connectivity index is 1.41. The van der Waals surface area contributed by atoms with Crippen molar-refractivity contribution in [2.24, 2.45) is 0 Å². The van der Waals surface area contributed by atoms with Crippen LogP contribution in [0.25, 0.3) is 16.7 Å². The smallest absolute Gasteiger partial charge is 0.261 e. The highest BCUT2D eigenvalue weighted by molar-refractivity contribution is 7.98. The van der Waals surface area contributed by atoms with Gasteiger partial charge in [0.15, 0.2) is 11.5 Å². The molecule has 30 heavy (non-hydrogen) atoms. The molecule has 0 radical (unpaired) electrons. The van der Waals surface area contributed by atoms with Crippen molar-refractivity contribution in [3.05, 3.63) is 52.6 Å². The first kappa shape index (κ1) is 18.9. The maximum Gasteiger partial charge on any atom is 0.261 e. The van der Waals surface area contributed by atoms with Crippen molar-refractivity contribution in [1.82, 2.24) is 24.1 Å². The monoisotopic (exact) mass is 425 g/mol. The van der Waals surface area contributed by atoms with E-state index in [2.05, 4.69) is 15.1 Å². The van der Waals surface area contributed by atoms with Crippen molar-refractivity contribution in [1.29, 1.82) is 0 Å². The van der Waals surface area contributed by atoms with E-state index in [-0.39, 0.29) is 18.7 Å². The molecule has 0 fully saturated rings. The molecule has 3 aromatic heterocycles. The zero-order chi connectivity index (χ0) is 20.5. The van der Waals surface area contributed by atoms with Crippen LogP contribution in [0.1, 0.15) is 12.0 Å². The molecule has 4 heterocycles. The average Bonchev–Trinajstić information content (AvgIpc) is 3.04. The Morgan fingerprint density at radius 1 is 1.17 bits per heavy atom. The summed E-state index contributed by atoms with van der Waals surface area (Å²) in [5.41, 5.74) is 1.50. The minimum Gasteiger partial charge on any atom is -0.490 e. The van der Waals surface area contributed by atoms with Crippen LogP contribution in [0.15, 0.2) is 46.6 Å². The molecule has 5 rings (SSSR count). The fourth-order valence-electron chi connectivity index (χ4n) is 3.33. The molecule has 1 N–H and O–H groups in total. The van der Waals surface area contributed by atoms with Crippen LogP contribution in [0.2, 0.25) is 0 Å². The predicted molar refractivity (Wildman–Crippen MR) is 111 cm³/mol. The van der Waals surface area contributed by atoms with Crippen molar-refractivity contribution < 1.29 is 14.6 Å². The van der Waals surface area contributed by atoms with Gasteiger partial charge in [-0.1, -0.05) is 17.8 Å². The van der Waals surface area contributed by atoms with E-state index >= 15 is 0 Å². The summed E-state index contributed by atoms with van der Waals surface area (Å²) >= 11 is 1.48. The first-order valence-electron chi connectivity index (χ1n) is 9.60. The third-order valence-corrected chi connectivity index (χ3v) is 5.72. The highest BCUT2D eigenvalue weighted by Crippen LogP contribution is 2.32. The largest absolute Gasteiger partial charge is 0.490 e. The Bertz CT molecular complexity index is 1290. The van der Waals surface area contributed by atoms with E-state index < -0.39 is 0 Å². The van der Waals surface area contributed by atoms with Gasteiger partial charge in [-0.2, -0.15) is 9.50 Å². The second-order valence-corrected chi connectivity index (χ2v) is 7.76. The molecule has 0 saturated heterocycles. The second-order valence-electron chi connectivity index (χ2n) is 6.82. The summed E-state index contributed by atoms with van der Waals surface area (Å²) in [7, 11) is 0. The van der Waals surface area contributed by atoms with Crippen LogP contribution in [0.5, 0.6) is 11.5 Å². The lowest BCUT2D eigenvalue weighted by molar-refractivity contribution is 0.274. The highest BCUT2D eigenvalue weighted by atomic mass is 32.2. The van der Waals surface area contributed by atoms with Gasteiger partial charge in [0.2, 0.25) is 5.16 Å². The molecule has 0 atom stereocenters. The number of hydrogen-bond acceptors (Lipinski definition) is 8.